The smallest absolute Gasteiger partial charge is 0.0524 e. The maximum atomic E-state index is 9.19. The molecule has 1 aromatic heterocycles. The van der Waals surface area contributed by atoms with Gasteiger partial charge in [0.1, 0.15) is 0 Å². The third kappa shape index (κ3) is 2.84. The zero-order valence-corrected chi connectivity index (χ0v) is 10.9. The fourth-order valence-electron chi connectivity index (χ4n) is 2.17. The first-order valence-electron chi connectivity index (χ1n) is 6.19. The van der Waals surface area contributed by atoms with Gasteiger partial charge in [0, 0.05) is 15.8 Å². The fourth-order valence-corrected chi connectivity index (χ4v) is 3.46. The number of thiophene rings is 1. The number of hydrogen-bond acceptors (Lipinski definition) is 3. The van der Waals surface area contributed by atoms with E-state index in [-0.39, 0.29) is 6.10 Å². The quantitative estimate of drug-likeness (QED) is 0.828. The molecule has 2 atom stereocenters. The van der Waals surface area contributed by atoms with Crippen LogP contribution in [0.5, 0.6) is 0 Å². The molecule has 0 aliphatic heterocycles. The van der Waals surface area contributed by atoms with Crippen molar-refractivity contribution in [3.8, 4) is 0 Å². The van der Waals surface area contributed by atoms with Gasteiger partial charge in [0.25, 0.3) is 0 Å². The molecule has 1 aromatic rings. The number of hydrogen-bond donors (Lipinski definition) is 2. The SMILES string of the molecule is CC(O)CCNC(C)c1cc2c(s1)CCC2. The summed E-state index contributed by atoms with van der Waals surface area (Å²) in [5.41, 5.74) is 1.57. The van der Waals surface area contributed by atoms with E-state index in [9.17, 15) is 5.11 Å². The van der Waals surface area contributed by atoms with Gasteiger partial charge in [-0.15, -0.1) is 11.3 Å². The van der Waals surface area contributed by atoms with E-state index >= 15 is 0 Å². The second kappa shape index (κ2) is 5.30. The van der Waals surface area contributed by atoms with Crippen LogP contribution in [0, 0.1) is 0 Å². The molecule has 2 rings (SSSR count). The molecule has 90 valence electrons. The topological polar surface area (TPSA) is 32.3 Å². The van der Waals surface area contributed by atoms with E-state index in [1.54, 1.807) is 10.4 Å². The highest BCUT2D eigenvalue weighted by Crippen LogP contribution is 2.33. The molecule has 2 N–H and O–H groups in total. The number of rotatable bonds is 5. The summed E-state index contributed by atoms with van der Waals surface area (Å²) >= 11 is 1.96. The summed E-state index contributed by atoms with van der Waals surface area (Å²) in [7, 11) is 0. The van der Waals surface area contributed by atoms with Crippen molar-refractivity contribution in [3.05, 3.63) is 21.4 Å². The molecular formula is C13H21NOS. The molecule has 0 bridgehead atoms. The lowest BCUT2D eigenvalue weighted by Gasteiger charge is -2.12. The first-order chi connectivity index (χ1) is 7.66. The van der Waals surface area contributed by atoms with E-state index in [1.165, 1.54) is 24.1 Å². The Hall–Kier alpha value is -0.380. The first-order valence-corrected chi connectivity index (χ1v) is 7.01. The van der Waals surface area contributed by atoms with Crippen molar-refractivity contribution < 1.29 is 5.11 Å². The summed E-state index contributed by atoms with van der Waals surface area (Å²) in [4.78, 5) is 3.05. The van der Waals surface area contributed by atoms with Crippen molar-refractivity contribution in [2.45, 2.75) is 51.7 Å². The average molecular weight is 239 g/mol. The molecule has 2 unspecified atom stereocenters. The summed E-state index contributed by atoms with van der Waals surface area (Å²) in [5, 5.41) is 12.7. The molecule has 0 aromatic carbocycles. The molecule has 0 saturated carbocycles. The minimum absolute atomic E-state index is 0.201. The summed E-state index contributed by atoms with van der Waals surface area (Å²) in [5.74, 6) is 0. The Bertz CT molecular complexity index is 324. The predicted molar refractivity (Wildman–Crippen MR) is 69.1 cm³/mol. The van der Waals surface area contributed by atoms with Crippen LogP contribution >= 0.6 is 11.3 Å². The highest BCUT2D eigenvalue weighted by Gasteiger charge is 2.17. The Kier molecular flexibility index (Phi) is 4.00. The van der Waals surface area contributed by atoms with Crippen molar-refractivity contribution in [1.82, 2.24) is 5.32 Å². The van der Waals surface area contributed by atoms with Gasteiger partial charge >= 0.3 is 0 Å². The minimum atomic E-state index is -0.201. The summed E-state index contributed by atoms with van der Waals surface area (Å²) in [6.45, 7) is 4.94. The van der Waals surface area contributed by atoms with Crippen LogP contribution in [0.1, 0.15) is 48.0 Å². The van der Waals surface area contributed by atoms with Crippen LogP contribution in [0.2, 0.25) is 0 Å². The van der Waals surface area contributed by atoms with Crippen LogP contribution in [-0.4, -0.2) is 17.8 Å². The molecular weight excluding hydrogens is 218 g/mol. The van der Waals surface area contributed by atoms with Crippen LogP contribution in [0.15, 0.2) is 6.07 Å². The third-order valence-corrected chi connectivity index (χ3v) is 4.62. The molecule has 0 radical (unpaired) electrons. The number of fused-ring (bicyclic) bond motifs is 1. The second-order valence-electron chi connectivity index (χ2n) is 4.76. The van der Waals surface area contributed by atoms with E-state index in [0.717, 1.165) is 13.0 Å². The fraction of sp³-hybridized carbons (Fsp3) is 0.692. The van der Waals surface area contributed by atoms with Crippen molar-refractivity contribution >= 4 is 11.3 Å². The summed E-state index contributed by atoms with van der Waals surface area (Å²) in [6.07, 6.45) is 4.51. The van der Waals surface area contributed by atoms with Crippen LogP contribution in [0.4, 0.5) is 0 Å². The van der Waals surface area contributed by atoms with Gasteiger partial charge in [-0.1, -0.05) is 0 Å². The molecule has 16 heavy (non-hydrogen) atoms. The van der Waals surface area contributed by atoms with Crippen LogP contribution in [0.25, 0.3) is 0 Å². The number of aliphatic hydroxyl groups is 1. The molecule has 0 saturated heterocycles. The minimum Gasteiger partial charge on any atom is -0.393 e. The largest absolute Gasteiger partial charge is 0.393 e. The molecule has 0 fully saturated rings. The lowest BCUT2D eigenvalue weighted by atomic mass is 10.2. The lowest BCUT2D eigenvalue weighted by Crippen LogP contribution is -2.21. The van der Waals surface area contributed by atoms with E-state index < -0.39 is 0 Å². The predicted octanol–water partition coefficient (Wildman–Crippen LogP) is 2.66. The van der Waals surface area contributed by atoms with Crippen molar-refractivity contribution in [1.29, 1.82) is 0 Å². The number of nitrogens with one attached hydrogen (secondary N) is 1. The van der Waals surface area contributed by atoms with Crippen molar-refractivity contribution in [2.24, 2.45) is 0 Å². The Balaban J connectivity index is 1.86. The zero-order chi connectivity index (χ0) is 11.5. The van der Waals surface area contributed by atoms with Gasteiger partial charge in [-0.2, -0.15) is 0 Å². The average Bonchev–Trinajstić information content (AvgIpc) is 2.75. The Morgan fingerprint density at radius 3 is 2.94 bits per heavy atom. The molecule has 0 amide bonds. The highest BCUT2D eigenvalue weighted by atomic mass is 32.1. The van der Waals surface area contributed by atoms with Crippen molar-refractivity contribution in [2.75, 3.05) is 6.54 Å². The summed E-state index contributed by atoms with van der Waals surface area (Å²) in [6, 6.07) is 2.79. The zero-order valence-electron chi connectivity index (χ0n) is 10.1. The van der Waals surface area contributed by atoms with Gasteiger partial charge in [0.05, 0.1) is 6.10 Å². The van der Waals surface area contributed by atoms with Gasteiger partial charge in [-0.25, -0.2) is 0 Å². The number of aliphatic hydroxyl groups excluding tert-OH is 1. The van der Waals surface area contributed by atoms with Crippen molar-refractivity contribution in [3.63, 3.8) is 0 Å². The molecule has 1 heterocycles. The monoisotopic (exact) mass is 239 g/mol. The Labute approximate surface area is 102 Å². The normalized spacial score (nSPS) is 18.4. The van der Waals surface area contributed by atoms with E-state index in [1.807, 2.05) is 18.3 Å². The van der Waals surface area contributed by atoms with Gasteiger partial charge in [0.2, 0.25) is 0 Å². The Morgan fingerprint density at radius 1 is 1.44 bits per heavy atom. The van der Waals surface area contributed by atoms with Crippen LogP contribution in [0.3, 0.4) is 0 Å². The van der Waals surface area contributed by atoms with Crippen LogP contribution < -0.4 is 5.32 Å². The molecule has 1 aliphatic rings. The molecule has 1 aliphatic carbocycles. The number of aryl methyl sites for hydroxylation is 2. The Morgan fingerprint density at radius 2 is 2.25 bits per heavy atom. The van der Waals surface area contributed by atoms with E-state index in [2.05, 4.69) is 18.3 Å². The summed E-state index contributed by atoms with van der Waals surface area (Å²) < 4.78 is 0. The van der Waals surface area contributed by atoms with E-state index in [4.69, 9.17) is 0 Å². The van der Waals surface area contributed by atoms with Crippen LogP contribution in [-0.2, 0) is 12.8 Å². The van der Waals surface area contributed by atoms with E-state index in [0.29, 0.717) is 6.04 Å². The first kappa shape index (κ1) is 12.1. The second-order valence-corrected chi connectivity index (χ2v) is 5.93. The van der Waals surface area contributed by atoms with Gasteiger partial charge in [-0.3, -0.25) is 0 Å². The standard InChI is InChI=1S/C13H21NOS/c1-9(15)6-7-14-10(2)13-8-11-4-3-5-12(11)16-13/h8-10,14-15H,3-7H2,1-2H3. The van der Waals surface area contributed by atoms with Gasteiger partial charge in [0.15, 0.2) is 0 Å². The lowest BCUT2D eigenvalue weighted by molar-refractivity contribution is 0.182. The van der Waals surface area contributed by atoms with Gasteiger partial charge in [-0.05, 0) is 57.7 Å². The maximum Gasteiger partial charge on any atom is 0.0524 e. The molecule has 3 heteroatoms. The molecule has 2 nitrogen and oxygen atoms in total. The maximum absolute atomic E-state index is 9.19. The van der Waals surface area contributed by atoms with Gasteiger partial charge < -0.3 is 10.4 Å². The third-order valence-electron chi connectivity index (χ3n) is 3.21. The molecule has 0 spiro atoms. The highest BCUT2D eigenvalue weighted by molar-refractivity contribution is 7.12.